The first kappa shape index (κ1) is 69.6. The maximum Gasteiger partial charge on any atom is 0.188 e. The summed E-state index contributed by atoms with van der Waals surface area (Å²) < 4.78 is 16.4. The summed E-state index contributed by atoms with van der Waals surface area (Å²) in [6.45, 7) is 0. The summed E-state index contributed by atoms with van der Waals surface area (Å²) in [5.74, 6) is 7.54. The normalized spacial score (nSPS) is 12.7. The number of rotatable bonds is 11. The fraction of sp³-hybridized carbons (Fsp3) is 0.00971. The van der Waals surface area contributed by atoms with Gasteiger partial charge in [0, 0.05) is 87.2 Å². The third-order valence-electron chi connectivity index (χ3n) is 21.9. The smallest absolute Gasteiger partial charge is 0.188 e. The molecule has 1 N–H and O–H groups in total. The highest BCUT2D eigenvalue weighted by Crippen LogP contribution is 2.56. The zero-order chi connectivity index (χ0) is 76.7. The fourth-order valence-corrected chi connectivity index (χ4v) is 22.1. The Labute approximate surface area is 674 Å². The van der Waals surface area contributed by atoms with Crippen LogP contribution in [0.25, 0.3) is 118 Å². The molecule has 2 aliphatic rings. The number of aromatic amines is 1. The maximum atomic E-state index is 6.65. The summed E-state index contributed by atoms with van der Waals surface area (Å²) in [7, 11) is -2.87. The van der Waals surface area contributed by atoms with Crippen molar-refractivity contribution >= 4 is 88.4 Å². The van der Waals surface area contributed by atoms with Crippen molar-refractivity contribution in [1.82, 2.24) is 39.5 Å². The Kier molecular flexibility index (Phi) is 18.1. The van der Waals surface area contributed by atoms with Crippen LogP contribution in [0.4, 0.5) is 0 Å². The van der Waals surface area contributed by atoms with Crippen molar-refractivity contribution in [3.8, 4) is 97.0 Å². The highest BCUT2D eigenvalue weighted by Gasteiger charge is 2.49. The van der Waals surface area contributed by atoms with Gasteiger partial charge in [-0.05, 0) is 105 Å². The molecule has 0 spiro atoms. The van der Waals surface area contributed by atoms with Gasteiger partial charge in [-0.1, -0.05) is 356 Å². The Hall–Kier alpha value is -14.6. The standard InChI is InChI=1S/C51H34N4OSi.C31H21NO.C21H14BrN3/c1-4-17-35(18-5-1)49-52-50(36-19-6-2-7-20-36)54-51(53-49)37-21-16-22-38(33-37)55-43-26-11-10-25-41(43)42-32-31-40(34-44(42)55)57(39-23-8-3-9-24-39)47-29-14-12-27-45(47)56-46-28-13-15-30-48(46)57;1-2-10-21(11-3-1)31(22-18-19-24-23-12-4-7-15-27(23)32-28(24)20-22)25-13-5-8-16-29(25)33-30-17-9-6-14-26(30)31;22-18-13-7-12-17(14-18)21-24-19(15-8-3-1-4-9-15)23-20(25-21)16-10-5-2-6-11-16/h1-34H;1-20,32H;1-14H. The molecule has 0 bridgehead atoms. The third-order valence-corrected chi connectivity index (χ3v) is 27.2. The monoisotopic (exact) mass is 1560 g/mol. The van der Waals surface area contributed by atoms with E-state index >= 15 is 0 Å². The van der Waals surface area contributed by atoms with Crippen molar-refractivity contribution in [3.63, 3.8) is 0 Å². The number of para-hydroxylation sites is 6. The van der Waals surface area contributed by atoms with E-state index in [9.17, 15) is 0 Å². The van der Waals surface area contributed by atoms with Crippen molar-refractivity contribution < 1.29 is 9.47 Å². The summed E-state index contributed by atoms with van der Waals surface area (Å²) in [6, 6.07) is 144. The number of hydrogen-bond donors (Lipinski definition) is 1. The van der Waals surface area contributed by atoms with Crippen molar-refractivity contribution in [2.75, 3.05) is 0 Å². The molecule has 10 nitrogen and oxygen atoms in total. The molecule has 0 saturated carbocycles. The number of nitrogens with one attached hydrogen (secondary N) is 1. The van der Waals surface area contributed by atoms with Gasteiger partial charge >= 0.3 is 0 Å². The predicted octanol–water partition coefficient (Wildman–Crippen LogP) is 22.9. The summed E-state index contributed by atoms with van der Waals surface area (Å²) in [6.07, 6.45) is 0. The zero-order valence-corrected chi connectivity index (χ0v) is 64.7. The van der Waals surface area contributed by atoms with Gasteiger partial charge in [-0.15, -0.1) is 0 Å². The highest BCUT2D eigenvalue weighted by atomic mass is 79.9. The minimum Gasteiger partial charge on any atom is -0.458 e. The van der Waals surface area contributed by atoms with Crippen LogP contribution in [-0.2, 0) is 5.41 Å². The maximum absolute atomic E-state index is 6.65. The lowest BCUT2D eigenvalue weighted by Crippen LogP contribution is -2.76. The Bertz CT molecular complexity index is 6800. The van der Waals surface area contributed by atoms with E-state index in [-0.39, 0.29) is 0 Å². The zero-order valence-electron chi connectivity index (χ0n) is 62.1. The van der Waals surface area contributed by atoms with Crippen LogP contribution in [0.3, 0.4) is 0 Å². The lowest BCUT2D eigenvalue weighted by atomic mass is 9.63. The molecule has 6 heterocycles. The topological polar surface area (TPSA) is 117 Å². The first-order valence-corrected chi connectivity index (χ1v) is 41.2. The van der Waals surface area contributed by atoms with Crippen LogP contribution in [0.1, 0.15) is 22.3 Å². The van der Waals surface area contributed by atoms with Crippen LogP contribution in [0.5, 0.6) is 23.0 Å². The highest BCUT2D eigenvalue weighted by molar-refractivity contribution is 9.10. The number of ether oxygens (including phenoxy) is 2. The molecule has 20 aromatic rings. The SMILES string of the molecule is Brc1cccc(-c2nc(-c3ccccc3)nc(-c3ccccc3)n2)c1.c1ccc(-c2nc(-c3ccccc3)nc(-c3cccc(-n4c5ccccc5c5ccc([Si]6(c7ccccc7)c7ccccc7Oc7ccccc76)cc54)c3)n2)cc1.c1ccc(C2(c3ccc4c(c3)[nH]c3ccccc34)c3ccccc3Oc3ccccc32)cc1. The molecule has 16 aromatic carbocycles. The van der Waals surface area contributed by atoms with Crippen LogP contribution in [0.15, 0.2) is 417 Å². The molecule has 544 valence electrons. The second-order valence-corrected chi connectivity index (χ2v) is 33.2. The Morgan fingerprint density at radius 2 is 0.670 bits per heavy atom. The number of hydrogen-bond acceptors (Lipinski definition) is 8. The molecule has 22 rings (SSSR count). The summed E-state index contributed by atoms with van der Waals surface area (Å²) in [4.78, 5) is 32.8. The summed E-state index contributed by atoms with van der Waals surface area (Å²) in [5.41, 5.74) is 15.6. The van der Waals surface area contributed by atoms with Gasteiger partial charge in [-0.25, -0.2) is 29.9 Å². The average molecular weight is 1560 g/mol. The van der Waals surface area contributed by atoms with Crippen LogP contribution in [-0.4, -0.2) is 47.5 Å². The van der Waals surface area contributed by atoms with Crippen molar-refractivity contribution in [1.29, 1.82) is 0 Å². The molecule has 115 heavy (non-hydrogen) atoms. The third kappa shape index (κ3) is 12.6. The first-order valence-electron chi connectivity index (χ1n) is 38.4. The Morgan fingerprint density at radius 3 is 1.22 bits per heavy atom. The van der Waals surface area contributed by atoms with Crippen molar-refractivity contribution in [2.24, 2.45) is 0 Å². The van der Waals surface area contributed by atoms with Crippen LogP contribution in [0.2, 0.25) is 0 Å². The number of benzene rings is 16. The van der Waals surface area contributed by atoms with Gasteiger partial charge in [0.2, 0.25) is 0 Å². The van der Waals surface area contributed by atoms with Crippen LogP contribution >= 0.6 is 15.9 Å². The van der Waals surface area contributed by atoms with Crippen molar-refractivity contribution in [3.05, 3.63) is 439 Å². The van der Waals surface area contributed by atoms with Crippen LogP contribution < -0.4 is 30.2 Å². The van der Waals surface area contributed by atoms with E-state index in [0.717, 1.165) is 99.7 Å². The van der Waals surface area contributed by atoms with E-state index in [1.54, 1.807) is 0 Å². The second kappa shape index (κ2) is 29.9. The van der Waals surface area contributed by atoms with E-state index in [2.05, 4.69) is 285 Å². The van der Waals surface area contributed by atoms with E-state index in [1.165, 1.54) is 53.4 Å². The average Bonchev–Trinajstić information content (AvgIpc) is 1.29. The van der Waals surface area contributed by atoms with E-state index in [1.807, 2.05) is 158 Å². The molecular weight excluding hydrogens is 1490 g/mol. The van der Waals surface area contributed by atoms with E-state index in [4.69, 9.17) is 34.4 Å². The van der Waals surface area contributed by atoms with Gasteiger partial charge in [0.25, 0.3) is 0 Å². The first-order chi connectivity index (χ1) is 56.9. The Balaban J connectivity index is 0.000000124. The number of fused-ring (bicyclic) bond motifs is 10. The fourth-order valence-electron chi connectivity index (χ4n) is 16.8. The number of nitrogens with zero attached hydrogens (tertiary/aromatic N) is 7. The van der Waals surface area contributed by atoms with Crippen molar-refractivity contribution in [2.45, 2.75) is 5.41 Å². The lowest BCUT2D eigenvalue weighted by molar-refractivity contribution is 0.434. The van der Waals surface area contributed by atoms with E-state index in [0.29, 0.717) is 34.9 Å². The molecule has 0 fully saturated rings. The Morgan fingerprint density at radius 1 is 0.270 bits per heavy atom. The quantitative estimate of drug-likeness (QED) is 0.127. The minimum atomic E-state index is -2.87. The minimum absolute atomic E-state index is 0.488. The molecular formula is C103H69BrN8O2Si. The number of halogens is 1. The number of aromatic nitrogens is 8. The van der Waals surface area contributed by atoms with Gasteiger partial charge in [-0.3, -0.25) is 0 Å². The predicted molar refractivity (Wildman–Crippen MR) is 472 cm³/mol. The van der Waals surface area contributed by atoms with Gasteiger partial charge < -0.3 is 19.0 Å². The molecule has 0 aliphatic carbocycles. The molecule has 0 atom stereocenters. The van der Waals surface area contributed by atoms with E-state index < -0.39 is 13.5 Å². The molecule has 0 radical (unpaired) electrons. The number of H-pyrrole nitrogens is 1. The molecule has 0 saturated heterocycles. The largest absolute Gasteiger partial charge is 0.458 e. The molecule has 0 amide bonds. The molecule has 12 heteroatoms. The summed E-state index contributed by atoms with van der Waals surface area (Å²) >= 11 is 3.52. The van der Waals surface area contributed by atoms with Gasteiger partial charge in [0.05, 0.1) is 16.4 Å². The molecule has 2 aliphatic heterocycles. The lowest BCUT2D eigenvalue weighted by Gasteiger charge is -2.41. The molecule has 4 aromatic heterocycles. The molecule has 0 unspecified atom stereocenters. The summed E-state index contributed by atoms with van der Waals surface area (Å²) in [5, 5.41) is 9.99. The second-order valence-electron chi connectivity index (χ2n) is 28.6. The van der Waals surface area contributed by atoms with Gasteiger partial charge in [0.15, 0.2) is 43.0 Å². The van der Waals surface area contributed by atoms with Gasteiger partial charge in [0.1, 0.15) is 23.0 Å². The van der Waals surface area contributed by atoms with Crippen LogP contribution in [0, 0.1) is 0 Å². The van der Waals surface area contributed by atoms with Gasteiger partial charge in [-0.2, -0.15) is 0 Å².